The smallest absolute Gasteiger partial charge is 0.307 e. The van der Waals surface area contributed by atoms with Gasteiger partial charge in [0.25, 0.3) is 0 Å². The van der Waals surface area contributed by atoms with Gasteiger partial charge in [0.05, 0.1) is 12.5 Å². The molecule has 0 heterocycles. The maximum Gasteiger partial charge on any atom is 0.307 e. The summed E-state index contributed by atoms with van der Waals surface area (Å²) in [5.74, 6) is -0.895. The Hall–Kier alpha value is -1.88. The fourth-order valence-electron chi connectivity index (χ4n) is 1.82. The van der Waals surface area contributed by atoms with Crippen molar-refractivity contribution in [3.05, 3.63) is 35.4 Å². The van der Waals surface area contributed by atoms with Crippen molar-refractivity contribution in [2.75, 3.05) is 6.54 Å². The van der Waals surface area contributed by atoms with Crippen LogP contribution in [0.5, 0.6) is 0 Å². The molecule has 0 saturated heterocycles. The van der Waals surface area contributed by atoms with Gasteiger partial charge in [0.2, 0.25) is 5.91 Å². The highest BCUT2D eigenvalue weighted by molar-refractivity contribution is 5.81. The number of nitrogens with one attached hydrogen (secondary N) is 2. The van der Waals surface area contributed by atoms with Crippen molar-refractivity contribution >= 4 is 11.9 Å². The van der Waals surface area contributed by atoms with Crippen LogP contribution in [0.2, 0.25) is 0 Å². The van der Waals surface area contributed by atoms with E-state index in [2.05, 4.69) is 10.6 Å². The van der Waals surface area contributed by atoms with Gasteiger partial charge in [-0.15, -0.1) is 0 Å². The zero-order valence-electron chi connectivity index (χ0n) is 12.0. The zero-order chi connectivity index (χ0) is 15.0. The van der Waals surface area contributed by atoms with Gasteiger partial charge in [-0.3, -0.25) is 9.59 Å². The summed E-state index contributed by atoms with van der Waals surface area (Å²) in [7, 11) is 0. The first-order chi connectivity index (χ1) is 9.54. The van der Waals surface area contributed by atoms with Crippen LogP contribution in [0.4, 0.5) is 0 Å². The molecule has 0 saturated carbocycles. The van der Waals surface area contributed by atoms with E-state index < -0.39 is 5.97 Å². The third-order valence-corrected chi connectivity index (χ3v) is 3.00. The number of carboxylic acids is 1. The van der Waals surface area contributed by atoms with Gasteiger partial charge < -0.3 is 15.7 Å². The molecule has 0 radical (unpaired) electrons. The van der Waals surface area contributed by atoms with Crippen LogP contribution in [-0.2, 0) is 22.6 Å². The molecule has 0 aliphatic rings. The van der Waals surface area contributed by atoms with Crippen molar-refractivity contribution in [3.8, 4) is 0 Å². The van der Waals surface area contributed by atoms with Crippen molar-refractivity contribution in [1.29, 1.82) is 0 Å². The Balaban J connectivity index is 2.56. The van der Waals surface area contributed by atoms with Crippen molar-refractivity contribution < 1.29 is 14.7 Å². The molecular weight excluding hydrogens is 256 g/mol. The first-order valence-corrected chi connectivity index (χ1v) is 6.84. The van der Waals surface area contributed by atoms with E-state index in [0.717, 1.165) is 17.5 Å². The molecule has 5 heteroatoms. The molecule has 0 spiro atoms. The van der Waals surface area contributed by atoms with Gasteiger partial charge in [0.15, 0.2) is 0 Å². The SMILES string of the molecule is CCCNC(=O)C(C)NCc1ccccc1CC(=O)O. The van der Waals surface area contributed by atoms with Crippen LogP contribution in [0, 0.1) is 0 Å². The molecule has 1 unspecified atom stereocenters. The van der Waals surface area contributed by atoms with Crippen LogP contribution in [-0.4, -0.2) is 29.6 Å². The molecule has 1 aromatic rings. The van der Waals surface area contributed by atoms with E-state index in [4.69, 9.17) is 5.11 Å². The molecular formula is C15H22N2O3. The Bertz CT molecular complexity index is 460. The van der Waals surface area contributed by atoms with E-state index >= 15 is 0 Å². The molecule has 1 atom stereocenters. The van der Waals surface area contributed by atoms with E-state index in [-0.39, 0.29) is 18.4 Å². The largest absolute Gasteiger partial charge is 0.481 e. The summed E-state index contributed by atoms with van der Waals surface area (Å²) >= 11 is 0. The quantitative estimate of drug-likeness (QED) is 0.670. The minimum atomic E-state index is -0.855. The average Bonchev–Trinajstić information content (AvgIpc) is 2.42. The zero-order valence-corrected chi connectivity index (χ0v) is 12.0. The number of carboxylic acid groups (broad SMARTS) is 1. The maximum absolute atomic E-state index is 11.7. The number of benzene rings is 1. The van der Waals surface area contributed by atoms with E-state index in [1.165, 1.54) is 0 Å². The van der Waals surface area contributed by atoms with Gasteiger partial charge in [0, 0.05) is 13.1 Å². The summed E-state index contributed by atoms with van der Waals surface area (Å²) in [4.78, 5) is 22.5. The molecule has 1 amide bonds. The Morgan fingerprint density at radius 3 is 2.50 bits per heavy atom. The van der Waals surface area contributed by atoms with Crippen LogP contribution in [0.15, 0.2) is 24.3 Å². The van der Waals surface area contributed by atoms with Gasteiger partial charge >= 0.3 is 5.97 Å². The van der Waals surface area contributed by atoms with E-state index in [1.54, 1.807) is 13.0 Å². The fraction of sp³-hybridized carbons (Fsp3) is 0.467. The Morgan fingerprint density at radius 2 is 1.90 bits per heavy atom. The lowest BCUT2D eigenvalue weighted by molar-refractivity contribution is -0.136. The minimum Gasteiger partial charge on any atom is -0.481 e. The summed E-state index contributed by atoms with van der Waals surface area (Å²) in [6.45, 7) is 4.94. The molecule has 1 aromatic carbocycles. The van der Waals surface area contributed by atoms with Gasteiger partial charge in [0.1, 0.15) is 0 Å². The molecule has 1 rings (SSSR count). The van der Waals surface area contributed by atoms with Gasteiger partial charge in [-0.05, 0) is 24.5 Å². The molecule has 5 nitrogen and oxygen atoms in total. The lowest BCUT2D eigenvalue weighted by Gasteiger charge is -2.15. The summed E-state index contributed by atoms with van der Waals surface area (Å²) in [6, 6.07) is 7.05. The molecule has 0 fully saturated rings. The van der Waals surface area contributed by atoms with Crippen molar-refractivity contribution in [1.82, 2.24) is 10.6 Å². The molecule has 0 aromatic heterocycles. The molecule has 3 N–H and O–H groups in total. The van der Waals surface area contributed by atoms with Crippen LogP contribution in [0.25, 0.3) is 0 Å². The van der Waals surface area contributed by atoms with Gasteiger partial charge in [-0.2, -0.15) is 0 Å². The second-order valence-corrected chi connectivity index (χ2v) is 4.73. The van der Waals surface area contributed by atoms with E-state index in [1.807, 2.05) is 25.1 Å². The number of carbonyl (C=O) groups is 2. The van der Waals surface area contributed by atoms with Crippen LogP contribution < -0.4 is 10.6 Å². The van der Waals surface area contributed by atoms with Gasteiger partial charge in [-0.25, -0.2) is 0 Å². The van der Waals surface area contributed by atoms with Crippen LogP contribution in [0.3, 0.4) is 0 Å². The van der Waals surface area contributed by atoms with Crippen molar-refractivity contribution in [2.24, 2.45) is 0 Å². The Morgan fingerprint density at radius 1 is 1.25 bits per heavy atom. The lowest BCUT2D eigenvalue weighted by atomic mass is 10.0. The summed E-state index contributed by atoms with van der Waals surface area (Å²) < 4.78 is 0. The number of carbonyl (C=O) groups excluding carboxylic acids is 1. The third-order valence-electron chi connectivity index (χ3n) is 3.00. The number of rotatable bonds is 8. The second-order valence-electron chi connectivity index (χ2n) is 4.73. The monoisotopic (exact) mass is 278 g/mol. The van der Waals surface area contributed by atoms with Crippen molar-refractivity contribution in [3.63, 3.8) is 0 Å². The fourth-order valence-corrected chi connectivity index (χ4v) is 1.82. The van der Waals surface area contributed by atoms with Crippen molar-refractivity contribution in [2.45, 2.75) is 39.3 Å². The second kappa shape index (κ2) is 8.32. The maximum atomic E-state index is 11.7. The summed E-state index contributed by atoms with van der Waals surface area (Å²) in [6.07, 6.45) is 0.897. The molecule has 110 valence electrons. The summed E-state index contributed by atoms with van der Waals surface area (Å²) in [5.41, 5.74) is 1.68. The van der Waals surface area contributed by atoms with E-state index in [9.17, 15) is 9.59 Å². The van der Waals surface area contributed by atoms with E-state index in [0.29, 0.717) is 13.1 Å². The first-order valence-electron chi connectivity index (χ1n) is 6.84. The standard InChI is InChI=1S/C15H22N2O3/c1-3-8-16-15(20)11(2)17-10-13-7-5-4-6-12(13)9-14(18)19/h4-7,11,17H,3,8-10H2,1-2H3,(H,16,20)(H,18,19). The highest BCUT2D eigenvalue weighted by atomic mass is 16.4. The summed E-state index contributed by atoms with van der Waals surface area (Å²) in [5, 5.41) is 14.8. The average molecular weight is 278 g/mol. The minimum absolute atomic E-state index is 0.00569. The number of amides is 1. The number of hydrogen-bond acceptors (Lipinski definition) is 3. The number of aliphatic carboxylic acids is 1. The first kappa shape index (κ1) is 16.2. The highest BCUT2D eigenvalue weighted by Crippen LogP contribution is 2.09. The molecule has 0 bridgehead atoms. The molecule has 20 heavy (non-hydrogen) atoms. The highest BCUT2D eigenvalue weighted by Gasteiger charge is 2.12. The van der Waals surface area contributed by atoms with Crippen LogP contribution >= 0.6 is 0 Å². The topological polar surface area (TPSA) is 78.4 Å². The predicted octanol–water partition coefficient (Wildman–Crippen LogP) is 1.32. The lowest BCUT2D eigenvalue weighted by Crippen LogP contribution is -2.42. The molecule has 0 aliphatic heterocycles. The Kier molecular flexibility index (Phi) is 6.73. The normalized spacial score (nSPS) is 11.9. The van der Waals surface area contributed by atoms with Gasteiger partial charge in [-0.1, -0.05) is 31.2 Å². The van der Waals surface area contributed by atoms with Crippen LogP contribution in [0.1, 0.15) is 31.4 Å². The third kappa shape index (κ3) is 5.40. The number of hydrogen-bond donors (Lipinski definition) is 3. The predicted molar refractivity (Wildman–Crippen MR) is 77.4 cm³/mol. The Labute approximate surface area is 119 Å². The molecule has 0 aliphatic carbocycles.